The van der Waals surface area contributed by atoms with E-state index in [9.17, 15) is 22.0 Å². The van der Waals surface area contributed by atoms with Crippen molar-refractivity contribution in [2.75, 3.05) is 0 Å². The fourth-order valence-corrected chi connectivity index (χ4v) is 3.08. The van der Waals surface area contributed by atoms with Gasteiger partial charge in [0.25, 0.3) is 0 Å². The highest BCUT2D eigenvalue weighted by Crippen LogP contribution is 2.41. The van der Waals surface area contributed by atoms with Crippen LogP contribution in [0.15, 0.2) is 48.7 Å². The Morgan fingerprint density at radius 3 is 2.46 bits per heavy atom. The van der Waals surface area contributed by atoms with Gasteiger partial charge < -0.3 is 5.32 Å². The lowest BCUT2D eigenvalue weighted by atomic mass is 10.1. The monoisotopic (exact) mass is 394 g/mol. The van der Waals surface area contributed by atoms with Gasteiger partial charge in [-0.1, -0.05) is 11.3 Å². The predicted octanol–water partition coefficient (Wildman–Crippen LogP) is 4.21. The molecule has 1 N–H and O–H groups in total. The first kappa shape index (κ1) is 18.5. The van der Waals surface area contributed by atoms with Crippen LogP contribution in [0, 0.1) is 11.6 Å². The number of benzene rings is 2. The number of halogens is 5. The molecule has 1 aromatic heterocycles. The van der Waals surface area contributed by atoms with Crippen LogP contribution in [-0.4, -0.2) is 21.0 Å². The average Bonchev–Trinajstić information content (AvgIpc) is 3.28. The van der Waals surface area contributed by atoms with E-state index in [1.807, 2.05) is 0 Å². The first-order chi connectivity index (χ1) is 13.3. The molecule has 1 aliphatic rings. The van der Waals surface area contributed by atoms with Crippen molar-refractivity contribution in [1.29, 1.82) is 0 Å². The van der Waals surface area contributed by atoms with Gasteiger partial charge in [0.05, 0.1) is 23.1 Å². The molecule has 4 rings (SSSR count). The Bertz CT molecular complexity index is 981. The van der Waals surface area contributed by atoms with Crippen LogP contribution < -0.4 is 5.32 Å². The molecule has 0 bridgehead atoms. The smallest absolute Gasteiger partial charge is 0.308 e. The molecule has 2 atom stereocenters. The van der Waals surface area contributed by atoms with Crippen LogP contribution in [-0.2, 0) is 12.7 Å². The second kappa shape index (κ2) is 6.97. The van der Waals surface area contributed by atoms with Crippen LogP contribution in [0.3, 0.4) is 0 Å². The summed E-state index contributed by atoms with van der Waals surface area (Å²) in [6, 6.07) is 8.67. The summed E-state index contributed by atoms with van der Waals surface area (Å²) in [4.78, 5) is 0. The summed E-state index contributed by atoms with van der Waals surface area (Å²) in [6.07, 6.45) is -1.95. The molecule has 1 fully saturated rings. The van der Waals surface area contributed by atoms with Crippen molar-refractivity contribution in [2.45, 2.75) is 31.1 Å². The Morgan fingerprint density at radius 1 is 1.04 bits per heavy atom. The van der Waals surface area contributed by atoms with Gasteiger partial charge in [-0.25, -0.2) is 13.5 Å². The molecule has 0 amide bonds. The van der Waals surface area contributed by atoms with E-state index in [-0.39, 0.29) is 12.0 Å². The van der Waals surface area contributed by atoms with Crippen molar-refractivity contribution in [3.05, 3.63) is 77.1 Å². The maximum Gasteiger partial charge on any atom is 0.416 e. The molecule has 2 aromatic carbocycles. The van der Waals surface area contributed by atoms with Crippen LogP contribution in [0.1, 0.15) is 29.2 Å². The number of aromatic nitrogens is 3. The number of nitrogens with zero attached hydrogens (tertiary/aromatic N) is 3. The van der Waals surface area contributed by atoms with Crippen molar-refractivity contribution < 1.29 is 22.0 Å². The van der Waals surface area contributed by atoms with E-state index in [4.69, 9.17) is 0 Å². The van der Waals surface area contributed by atoms with E-state index >= 15 is 0 Å². The minimum atomic E-state index is -4.38. The molecular weight excluding hydrogens is 379 g/mol. The van der Waals surface area contributed by atoms with Gasteiger partial charge in [0.15, 0.2) is 11.6 Å². The van der Waals surface area contributed by atoms with Crippen molar-refractivity contribution >= 4 is 0 Å². The highest BCUT2D eigenvalue weighted by Gasteiger charge is 2.38. The molecule has 28 heavy (non-hydrogen) atoms. The normalized spacial score (nSPS) is 19.0. The molecule has 0 unspecified atom stereocenters. The highest BCUT2D eigenvalue weighted by atomic mass is 19.4. The molecule has 0 radical (unpaired) electrons. The van der Waals surface area contributed by atoms with Crippen molar-refractivity contribution in [3.8, 4) is 5.69 Å². The zero-order chi connectivity index (χ0) is 19.9. The van der Waals surface area contributed by atoms with Crippen LogP contribution in [0.25, 0.3) is 5.69 Å². The van der Waals surface area contributed by atoms with Crippen LogP contribution in [0.2, 0.25) is 0 Å². The standard InChI is InChI=1S/C19H15F5N4/c20-16-6-1-11(7-17(16)21)15-8-18(15)25-9-13-10-28(27-26-13)14-4-2-12(3-5-14)19(22,23)24/h1-7,10,15,18,25H,8-9H2/t15-,18+/m0/s1. The van der Waals surface area contributed by atoms with Gasteiger partial charge >= 0.3 is 6.18 Å². The summed E-state index contributed by atoms with van der Waals surface area (Å²) in [7, 11) is 0. The number of nitrogens with one attached hydrogen (secondary N) is 1. The van der Waals surface area contributed by atoms with Gasteiger partial charge in [-0.15, -0.1) is 5.10 Å². The quantitative estimate of drug-likeness (QED) is 0.660. The zero-order valence-electron chi connectivity index (χ0n) is 14.4. The summed E-state index contributed by atoms with van der Waals surface area (Å²) in [5, 5.41) is 11.2. The first-order valence-corrected chi connectivity index (χ1v) is 8.58. The SMILES string of the molecule is Fc1ccc([C@@H]2C[C@H]2NCc2cn(-c3ccc(C(F)(F)F)cc3)nn2)cc1F. The van der Waals surface area contributed by atoms with E-state index in [2.05, 4.69) is 15.6 Å². The molecule has 1 aliphatic carbocycles. The fourth-order valence-electron chi connectivity index (χ4n) is 3.08. The van der Waals surface area contributed by atoms with E-state index in [0.29, 0.717) is 17.9 Å². The first-order valence-electron chi connectivity index (χ1n) is 8.58. The number of rotatable bonds is 5. The van der Waals surface area contributed by atoms with Gasteiger partial charge in [-0.05, 0) is 48.4 Å². The van der Waals surface area contributed by atoms with E-state index in [1.165, 1.54) is 22.9 Å². The van der Waals surface area contributed by atoms with Crippen molar-refractivity contribution in [3.63, 3.8) is 0 Å². The summed E-state index contributed by atoms with van der Waals surface area (Å²) in [6.45, 7) is 0.408. The number of hydrogen-bond donors (Lipinski definition) is 1. The van der Waals surface area contributed by atoms with Crippen LogP contribution in [0.5, 0.6) is 0 Å². The maximum absolute atomic E-state index is 13.3. The molecule has 1 heterocycles. The molecule has 9 heteroatoms. The lowest BCUT2D eigenvalue weighted by Gasteiger charge is -2.07. The zero-order valence-corrected chi connectivity index (χ0v) is 14.4. The van der Waals surface area contributed by atoms with E-state index < -0.39 is 23.4 Å². The second-order valence-electron chi connectivity index (χ2n) is 6.70. The molecular formula is C19H15F5N4. The lowest BCUT2D eigenvalue weighted by molar-refractivity contribution is -0.137. The highest BCUT2D eigenvalue weighted by molar-refractivity contribution is 5.35. The van der Waals surface area contributed by atoms with Gasteiger partial charge in [0.1, 0.15) is 0 Å². The van der Waals surface area contributed by atoms with Gasteiger partial charge in [-0.3, -0.25) is 0 Å². The molecule has 0 saturated heterocycles. The van der Waals surface area contributed by atoms with E-state index in [1.54, 1.807) is 12.3 Å². The molecule has 1 saturated carbocycles. The van der Waals surface area contributed by atoms with Gasteiger partial charge in [-0.2, -0.15) is 13.2 Å². The third-order valence-corrected chi connectivity index (χ3v) is 4.71. The number of hydrogen-bond acceptors (Lipinski definition) is 3. The Kier molecular flexibility index (Phi) is 4.62. The van der Waals surface area contributed by atoms with Gasteiger partial charge in [0, 0.05) is 18.5 Å². The van der Waals surface area contributed by atoms with Crippen molar-refractivity contribution in [1.82, 2.24) is 20.3 Å². The molecule has 0 aliphatic heterocycles. The Morgan fingerprint density at radius 2 is 1.79 bits per heavy atom. The van der Waals surface area contributed by atoms with E-state index in [0.717, 1.165) is 30.2 Å². The molecule has 146 valence electrons. The summed E-state index contributed by atoms with van der Waals surface area (Å²) in [5.74, 6) is -1.61. The molecule has 0 spiro atoms. The fraction of sp³-hybridized carbons (Fsp3) is 0.263. The minimum Gasteiger partial charge on any atom is -0.308 e. The third-order valence-electron chi connectivity index (χ3n) is 4.71. The second-order valence-corrected chi connectivity index (χ2v) is 6.70. The lowest BCUT2D eigenvalue weighted by Crippen LogP contribution is -2.17. The predicted molar refractivity (Wildman–Crippen MR) is 90.7 cm³/mol. The Hall–Kier alpha value is -2.81. The third kappa shape index (κ3) is 3.89. The summed E-state index contributed by atoms with van der Waals surface area (Å²) in [5.41, 5.74) is 1.11. The van der Waals surface area contributed by atoms with Crippen LogP contribution >= 0.6 is 0 Å². The topological polar surface area (TPSA) is 42.7 Å². The molecule has 4 nitrogen and oxygen atoms in total. The maximum atomic E-state index is 13.3. The summed E-state index contributed by atoms with van der Waals surface area (Å²) < 4.78 is 65.6. The molecule has 3 aromatic rings. The van der Waals surface area contributed by atoms with Crippen LogP contribution in [0.4, 0.5) is 22.0 Å². The largest absolute Gasteiger partial charge is 0.416 e. The van der Waals surface area contributed by atoms with Crippen molar-refractivity contribution in [2.24, 2.45) is 0 Å². The Labute approximate surface area is 157 Å². The average molecular weight is 394 g/mol. The van der Waals surface area contributed by atoms with Gasteiger partial charge in [0.2, 0.25) is 0 Å². The summed E-state index contributed by atoms with van der Waals surface area (Å²) >= 11 is 0. The minimum absolute atomic E-state index is 0.111. The Balaban J connectivity index is 1.35. The number of alkyl halides is 3.